The van der Waals surface area contributed by atoms with Gasteiger partial charge in [0.2, 0.25) is 0 Å². The normalized spacial score (nSPS) is 10.8. The number of aromatic nitrogens is 3. The van der Waals surface area contributed by atoms with Gasteiger partial charge in [0.05, 0.1) is 11.1 Å². The van der Waals surface area contributed by atoms with Gasteiger partial charge in [-0.2, -0.15) is 0 Å². The molecule has 0 aliphatic rings. The molecule has 0 aliphatic heterocycles. The lowest BCUT2D eigenvalue weighted by molar-refractivity contribution is 0.471. The highest BCUT2D eigenvalue weighted by Gasteiger charge is 2.13. The number of hydrogen-bond acceptors (Lipinski definition) is 5. The Morgan fingerprint density at radius 1 is 1.00 bits per heavy atom. The quantitative estimate of drug-likeness (QED) is 0.581. The molecule has 0 amide bonds. The predicted molar refractivity (Wildman–Crippen MR) is 98.2 cm³/mol. The summed E-state index contributed by atoms with van der Waals surface area (Å²) >= 11 is 0. The Kier molecular flexibility index (Phi) is 4.15. The standard InChI is InChI=1S/C20H15FN4O/c21-14-7-8-16(18(26)10-14)20-24-17-6-2-1-5-15(17)19(25-20)23-12-13-4-3-9-22-11-13/h1-11,26H,12H2,(H,23,24,25). The molecular formula is C20H15FN4O. The van der Waals surface area contributed by atoms with Crippen molar-refractivity contribution in [3.8, 4) is 17.1 Å². The molecule has 0 aliphatic carbocycles. The summed E-state index contributed by atoms with van der Waals surface area (Å²) in [7, 11) is 0. The molecule has 128 valence electrons. The topological polar surface area (TPSA) is 70.9 Å². The van der Waals surface area contributed by atoms with Crippen LogP contribution in [-0.2, 0) is 6.54 Å². The number of pyridine rings is 1. The van der Waals surface area contributed by atoms with Crippen LogP contribution in [0.2, 0.25) is 0 Å². The predicted octanol–water partition coefficient (Wildman–Crippen LogP) is 4.15. The van der Waals surface area contributed by atoms with E-state index in [1.807, 2.05) is 36.4 Å². The van der Waals surface area contributed by atoms with E-state index in [9.17, 15) is 9.50 Å². The maximum Gasteiger partial charge on any atom is 0.165 e. The zero-order chi connectivity index (χ0) is 17.9. The van der Waals surface area contributed by atoms with E-state index in [-0.39, 0.29) is 5.75 Å². The van der Waals surface area contributed by atoms with Crippen LogP contribution in [0.15, 0.2) is 67.0 Å². The van der Waals surface area contributed by atoms with E-state index in [1.165, 1.54) is 12.1 Å². The second-order valence-electron chi connectivity index (χ2n) is 5.79. The van der Waals surface area contributed by atoms with Crippen molar-refractivity contribution in [1.29, 1.82) is 0 Å². The fourth-order valence-electron chi connectivity index (χ4n) is 2.71. The Labute approximate surface area is 149 Å². The molecule has 0 saturated heterocycles. The number of anilines is 1. The van der Waals surface area contributed by atoms with E-state index in [4.69, 9.17) is 0 Å². The van der Waals surface area contributed by atoms with Gasteiger partial charge in [0, 0.05) is 30.4 Å². The second kappa shape index (κ2) is 6.76. The molecule has 0 saturated carbocycles. The maximum absolute atomic E-state index is 13.3. The first-order valence-electron chi connectivity index (χ1n) is 8.09. The van der Waals surface area contributed by atoms with Gasteiger partial charge in [0.15, 0.2) is 5.82 Å². The molecule has 2 aromatic carbocycles. The van der Waals surface area contributed by atoms with Crippen molar-refractivity contribution < 1.29 is 9.50 Å². The van der Waals surface area contributed by atoms with Crippen molar-refractivity contribution in [2.45, 2.75) is 6.54 Å². The van der Waals surface area contributed by atoms with E-state index in [2.05, 4.69) is 20.3 Å². The molecule has 0 bridgehead atoms. The van der Waals surface area contributed by atoms with Gasteiger partial charge in [0.25, 0.3) is 0 Å². The van der Waals surface area contributed by atoms with Crippen LogP contribution < -0.4 is 5.32 Å². The lowest BCUT2D eigenvalue weighted by atomic mass is 10.1. The smallest absolute Gasteiger partial charge is 0.165 e. The van der Waals surface area contributed by atoms with E-state index >= 15 is 0 Å². The summed E-state index contributed by atoms with van der Waals surface area (Å²) in [5.74, 6) is 0.258. The molecule has 2 N–H and O–H groups in total. The van der Waals surface area contributed by atoms with E-state index < -0.39 is 5.82 Å². The number of phenolic OH excluding ortho intramolecular Hbond substituents is 1. The molecule has 0 unspecified atom stereocenters. The number of rotatable bonds is 4. The molecule has 4 rings (SSSR count). The van der Waals surface area contributed by atoms with Crippen molar-refractivity contribution in [3.05, 3.63) is 78.4 Å². The second-order valence-corrected chi connectivity index (χ2v) is 5.79. The summed E-state index contributed by atoms with van der Waals surface area (Å²) in [5.41, 5.74) is 2.12. The number of benzene rings is 2. The van der Waals surface area contributed by atoms with Gasteiger partial charge in [-0.3, -0.25) is 4.98 Å². The van der Waals surface area contributed by atoms with E-state index in [0.29, 0.717) is 23.8 Å². The molecule has 0 radical (unpaired) electrons. The Morgan fingerprint density at radius 3 is 2.69 bits per heavy atom. The minimum Gasteiger partial charge on any atom is -0.507 e. The summed E-state index contributed by atoms with van der Waals surface area (Å²) in [6.45, 7) is 0.545. The summed E-state index contributed by atoms with van der Waals surface area (Å²) < 4.78 is 13.3. The average molecular weight is 346 g/mol. The van der Waals surface area contributed by atoms with Crippen molar-refractivity contribution in [2.24, 2.45) is 0 Å². The Bertz CT molecular complexity index is 1070. The van der Waals surface area contributed by atoms with Crippen LogP contribution in [0.5, 0.6) is 5.75 Å². The summed E-state index contributed by atoms with van der Waals surface area (Å²) in [4.78, 5) is 13.2. The minimum absolute atomic E-state index is 0.196. The molecule has 0 spiro atoms. The summed E-state index contributed by atoms with van der Waals surface area (Å²) in [5, 5.41) is 14.2. The lowest BCUT2D eigenvalue weighted by Gasteiger charge is -2.11. The zero-order valence-electron chi connectivity index (χ0n) is 13.7. The summed E-state index contributed by atoms with van der Waals surface area (Å²) in [6, 6.07) is 15.2. The Balaban J connectivity index is 1.78. The van der Waals surface area contributed by atoms with Crippen LogP contribution >= 0.6 is 0 Å². The van der Waals surface area contributed by atoms with E-state index in [1.54, 1.807) is 12.4 Å². The van der Waals surface area contributed by atoms with Crippen LogP contribution in [0.4, 0.5) is 10.2 Å². The van der Waals surface area contributed by atoms with Crippen LogP contribution in [0, 0.1) is 5.82 Å². The van der Waals surface area contributed by atoms with Crippen LogP contribution in [-0.4, -0.2) is 20.1 Å². The molecule has 6 heteroatoms. The highest BCUT2D eigenvalue weighted by molar-refractivity contribution is 5.90. The molecule has 0 fully saturated rings. The molecule has 5 nitrogen and oxygen atoms in total. The first kappa shape index (κ1) is 16.0. The molecule has 2 aromatic heterocycles. The highest BCUT2D eigenvalue weighted by Crippen LogP contribution is 2.30. The monoisotopic (exact) mass is 346 g/mol. The summed E-state index contributed by atoms with van der Waals surface area (Å²) in [6.07, 6.45) is 3.50. The number of nitrogens with one attached hydrogen (secondary N) is 1. The number of halogens is 1. The fourth-order valence-corrected chi connectivity index (χ4v) is 2.71. The van der Waals surface area contributed by atoms with Crippen molar-refractivity contribution in [1.82, 2.24) is 15.0 Å². The average Bonchev–Trinajstić information content (AvgIpc) is 2.67. The number of phenols is 1. The number of hydrogen-bond donors (Lipinski definition) is 2. The minimum atomic E-state index is -0.512. The van der Waals surface area contributed by atoms with Crippen LogP contribution in [0.3, 0.4) is 0 Å². The first-order chi connectivity index (χ1) is 12.7. The Morgan fingerprint density at radius 2 is 1.88 bits per heavy atom. The van der Waals surface area contributed by atoms with Crippen LogP contribution in [0.25, 0.3) is 22.3 Å². The van der Waals surface area contributed by atoms with Crippen LogP contribution in [0.1, 0.15) is 5.56 Å². The van der Waals surface area contributed by atoms with Crippen molar-refractivity contribution >= 4 is 16.7 Å². The molecule has 2 heterocycles. The van der Waals surface area contributed by atoms with Gasteiger partial charge in [-0.05, 0) is 35.9 Å². The van der Waals surface area contributed by atoms with Crippen molar-refractivity contribution in [2.75, 3.05) is 5.32 Å². The van der Waals surface area contributed by atoms with Gasteiger partial charge in [-0.1, -0.05) is 18.2 Å². The third-order valence-electron chi connectivity index (χ3n) is 3.99. The molecule has 0 atom stereocenters. The fraction of sp³-hybridized carbons (Fsp3) is 0.0500. The third-order valence-corrected chi connectivity index (χ3v) is 3.99. The zero-order valence-corrected chi connectivity index (χ0v) is 13.7. The number of fused-ring (bicyclic) bond motifs is 1. The van der Waals surface area contributed by atoms with Gasteiger partial charge >= 0.3 is 0 Å². The van der Waals surface area contributed by atoms with Gasteiger partial charge in [0.1, 0.15) is 17.4 Å². The molecule has 26 heavy (non-hydrogen) atoms. The van der Waals surface area contributed by atoms with Gasteiger partial charge in [-0.25, -0.2) is 14.4 Å². The highest BCUT2D eigenvalue weighted by atomic mass is 19.1. The number of aromatic hydroxyl groups is 1. The lowest BCUT2D eigenvalue weighted by Crippen LogP contribution is -2.04. The Hall–Kier alpha value is -3.54. The number of para-hydroxylation sites is 1. The SMILES string of the molecule is Oc1cc(F)ccc1-c1nc(NCc2cccnc2)c2ccccc2n1. The first-order valence-corrected chi connectivity index (χ1v) is 8.09. The van der Waals surface area contributed by atoms with E-state index in [0.717, 1.165) is 22.5 Å². The van der Waals surface area contributed by atoms with Gasteiger partial charge in [-0.15, -0.1) is 0 Å². The largest absolute Gasteiger partial charge is 0.507 e. The third kappa shape index (κ3) is 3.17. The van der Waals surface area contributed by atoms with Crippen molar-refractivity contribution in [3.63, 3.8) is 0 Å². The molecule has 4 aromatic rings. The molecular weight excluding hydrogens is 331 g/mol. The maximum atomic E-state index is 13.3. The van der Waals surface area contributed by atoms with Gasteiger partial charge < -0.3 is 10.4 Å². The number of nitrogens with zero attached hydrogens (tertiary/aromatic N) is 3.